The Balaban J connectivity index is 4.07. The molecule has 0 spiro atoms. The fraction of sp³-hybridized carbons (Fsp3) is 0.882. The summed E-state index contributed by atoms with van der Waals surface area (Å²) >= 11 is 0. The van der Waals surface area contributed by atoms with Crippen LogP contribution in [0.25, 0.3) is 0 Å². The third-order valence-electron chi connectivity index (χ3n) is 3.16. The van der Waals surface area contributed by atoms with E-state index in [4.69, 9.17) is 9.47 Å². The van der Waals surface area contributed by atoms with Gasteiger partial charge in [0, 0.05) is 12.8 Å². The number of rotatable bonds is 12. The van der Waals surface area contributed by atoms with Crippen LogP contribution < -0.4 is 0 Å². The standard InChI is InChI=1S/C17H32O4/c1-5-7-8-11-15(21-16(18)10-6-2)12-9-13-17(19)20-14(3)4/h14-15H,5-13H2,1-4H3. The van der Waals surface area contributed by atoms with Crippen molar-refractivity contribution in [2.24, 2.45) is 0 Å². The maximum atomic E-state index is 11.6. The molecular weight excluding hydrogens is 268 g/mol. The third kappa shape index (κ3) is 12.4. The summed E-state index contributed by atoms with van der Waals surface area (Å²) < 4.78 is 10.6. The Kier molecular flexibility index (Phi) is 12.0. The highest BCUT2D eigenvalue weighted by molar-refractivity contribution is 5.70. The van der Waals surface area contributed by atoms with Crippen molar-refractivity contribution >= 4 is 11.9 Å². The molecule has 0 aliphatic heterocycles. The number of ether oxygens (including phenoxy) is 2. The van der Waals surface area contributed by atoms with Crippen LogP contribution in [0.1, 0.15) is 85.5 Å². The Bertz CT molecular complexity index is 287. The predicted molar refractivity (Wildman–Crippen MR) is 84.0 cm³/mol. The smallest absolute Gasteiger partial charge is 0.306 e. The van der Waals surface area contributed by atoms with Gasteiger partial charge in [-0.25, -0.2) is 0 Å². The van der Waals surface area contributed by atoms with Gasteiger partial charge in [0.2, 0.25) is 0 Å². The molecule has 4 heteroatoms. The number of unbranched alkanes of at least 4 members (excludes halogenated alkanes) is 2. The maximum Gasteiger partial charge on any atom is 0.306 e. The highest BCUT2D eigenvalue weighted by Crippen LogP contribution is 2.15. The second-order valence-electron chi connectivity index (χ2n) is 5.79. The van der Waals surface area contributed by atoms with Gasteiger partial charge in [-0.2, -0.15) is 0 Å². The average Bonchev–Trinajstić information content (AvgIpc) is 2.38. The molecule has 1 unspecified atom stereocenters. The van der Waals surface area contributed by atoms with Gasteiger partial charge in [-0.1, -0.05) is 26.7 Å². The van der Waals surface area contributed by atoms with E-state index in [2.05, 4.69) is 6.92 Å². The topological polar surface area (TPSA) is 52.6 Å². The molecular formula is C17H32O4. The molecule has 4 nitrogen and oxygen atoms in total. The first-order valence-electron chi connectivity index (χ1n) is 8.38. The normalized spacial score (nSPS) is 12.2. The summed E-state index contributed by atoms with van der Waals surface area (Å²) in [6, 6.07) is 0. The van der Waals surface area contributed by atoms with Crippen molar-refractivity contribution in [2.45, 2.75) is 97.7 Å². The minimum Gasteiger partial charge on any atom is -0.463 e. The number of esters is 2. The van der Waals surface area contributed by atoms with Crippen LogP contribution in [0.3, 0.4) is 0 Å². The number of carbonyl (C=O) groups excluding carboxylic acids is 2. The SMILES string of the molecule is CCCCCC(CCCC(=O)OC(C)C)OC(=O)CCC. The van der Waals surface area contributed by atoms with E-state index >= 15 is 0 Å². The van der Waals surface area contributed by atoms with E-state index < -0.39 is 0 Å². The van der Waals surface area contributed by atoms with Crippen molar-refractivity contribution in [3.63, 3.8) is 0 Å². The quantitative estimate of drug-likeness (QED) is 0.396. The minimum absolute atomic E-state index is 0.0533. The molecule has 0 saturated carbocycles. The number of hydrogen-bond acceptors (Lipinski definition) is 4. The highest BCUT2D eigenvalue weighted by Gasteiger charge is 2.15. The van der Waals surface area contributed by atoms with Crippen LogP contribution in [-0.2, 0) is 19.1 Å². The maximum absolute atomic E-state index is 11.6. The van der Waals surface area contributed by atoms with Gasteiger partial charge in [-0.05, 0) is 46.0 Å². The Morgan fingerprint density at radius 3 is 2.00 bits per heavy atom. The van der Waals surface area contributed by atoms with E-state index in [1.807, 2.05) is 20.8 Å². The molecule has 0 aromatic rings. The zero-order valence-electron chi connectivity index (χ0n) is 14.2. The first kappa shape index (κ1) is 19.9. The molecule has 0 aromatic heterocycles. The van der Waals surface area contributed by atoms with Crippen LogP contribution in [0, 0.1) is 0 Å². The van der Waals surface area contributed by atoms with Crippen LogP contribution in [0.4, 0.5) is 0 Å². The molecule has 0 aromatic carbocycles. The Morgan fingerprint density at radius 1 is 0.810 bits per heavy atom. The monoisotopic (exact) mass is 300 g/mol. The Hall–Kier alpha value is -1.06. The van der Waals surface area contributed by atoms with Crippen LogP contribution in [0.15, 0.2) is 0 Å². The van der Waals surface area contributed by atoms with E-state index in [1.165, 1.54) is 0 Å². The summed E-state index contributed by atoms with van der Waals surface area (Å²) in [6.45, 7) is 7.81. The van der Waals surface area contributed by atoms with Gasteiger partial charge in [0.1, 0.15) is 6.10 Å². The van der Waals surface area contributed by atoms with Crippen LogP contribution in [0.5, 0.6) is 0 Å². The number of carbonyl (C=O) groups is 2. The lowest BCUT2D eigenvalue weighted by atomic mass is 10.0. The molecule has 0 rings (SSSR count). The molecule has 0 saturated heterocycles. The minimum atomic E-state index is -0.169. The van der Waals surface area contributed by atoms with Crippen molar-refractivity contribution in [1.82, 2.24) is 0 Å². The Morgan fingerprint density at radius 2 is 1.43 bits per heavy atom. The van der Waals surface area contributed by atoms with Gasteiger partial charge in [0.15, 0.2) is 0 Å². The molecule has 0 aliphatic rings. The van der Waals surface area contributed by atoms with Gasteiger partial charge in [0.25, 0.3) is 0 Å². The molecule has 1 atom stereocenters. The summed E-state index contributed by atoms with van der Waals surface area (Å²) in [4.78, 5) is 23.1. The molecule has 0 fully saturated rings. The fourth-order valence-corrected chi connectivity index (χ4v) is 2.13. The molecule has 0 bridgehead atoms. The first-order chi connectivity index (χ1) is 9.99. The fourth-order valence-electron chi connectivity index (χ4n) is 2.13. The zero-order chi connectivity index (χ0) is 16.1. The van der Waals surface area contributed by atoms with Crippen LogP contribution in [-0.4, -0.2) is 24.1 Å². The van der Waals surface area contributed by atoms with Crippen LogP contribution in [0.2, 0.25) is 0 Å². The molecule has 0 aliphatic carbocycles. The molecule has 124 valence electrons. The van der Waals surface area contributed by atoms with Crippen molar-refractivity contribution < 1.29 is 19.1 Å². The largest absolute Gasteiger partial charge is 0.463 e. The summed E-state index contributed by atoms with van der Waals surface area (Å²) in [5, 5.41) is 0. The van der Waals surface area contributed by atoms with E-state index in [0.29, 0.717) is 19.3 Å². The van der Waals surface area contributed by atoms with E-state index in [0.717, 1.165) is 38.5 Å². The number of hydrogen-bond donors (Lipinski definition) is 0. The van der Waals surface area contributed by atoms with Crippen molar-refractivity contribution in [1.29, 1.82) is 0 Å². The average molecular weight is 300 g/mol. The zero-order valence-corrected chi connectivity index (χ0v) is 14.2. The molecule has 21 heavy (non-hydrogen) atoms. The molecule has 0 heterocycles. The molecule has 0 N–H and O–H groups in total. The third-order valence-corrected chi connectivity index (χ3v) is 3.16. The van der Waals surface area contributed by atoms with E-state index in [1.54, 1.807) is 0 Å². The second kappa shape index (κ2) is 12.7. The van der Waals surface area contributed by atoms with E-state index in [-0.39, 0.29) is 24.1 Å². The van der Waals surface area contributed by atoms with Gasteiger partial charge in [0.05, 0.1) is 6.10 Å². The summed E-state index contributed by atoms with van der Waals surface area (Å²) in [7, 11) is 0. The van der Waals surface area contributed by atoms with Gasteiger partial charge >= 0.3 is 11.9 Å². The lowest BCUT2D eigenvalue weighted by molar-refractivity contribution is -0.150. The van der Waals surface area contributed by atoms with Crippen LogP contribution >= 0.6 is 0 Å². The van der Waals surface area contributed by atoms with E-state index in [9.17, 15) is 9.59 Å². The highest BCUT2D eigenvalue weighted by atomic mass is 16.5. The van der Waals surface area contributed by atoms with Crippen molar-refractivity contribution in [3.8, 4) is 0 Å². The van der Waals surface area contributed by atoms with Crippen molar-refractivity contribution in [2.75, 3.05) is 0 Å². The lowest BCUT2D eigenvalue weighted by Gasteiger charge is -2.18. The lowest BCUT2D eigenvalue weighted by Crippen LogP contribution is -2.19. The summed E-state index contributed by atoms with van der Waals surface area (Å²) in [6.07, 6.45) is 7.26. The van der Waals surface area contributed by atoms with Crippen molar-refractivity contribution in [3.05, 3.63) is 0 Å². The molecule has 0 radical (unpaired) electrons. The predicted octanol–water partition coefficient (Wildman–Crippen LogP) is 4.40. The summed E-state index contributed by atoms with van der Waals surface area (Å²) in [5.74, 6) is -0.291. The summed E-state index contributed by atoms with van der Waals surface area (Å²) in [5.41, 5.74) is 0. The molecule has 0 amide bonds. The van der Waals surface area contributed by atoms with Gasteiger partial charge < -0.3 is 9.47 Å². The Labute approximate surface area is 129 Å². The first-order valence-corrected chi connectivity index (χ1v) is 8.38. The second-order valence-corrected chi connectivity index (χ2v) is 5.79. The van der Waals surface area contributed by atoms with Gasteiger partial charge in [-0.3, -0.25) is 9.59 Å². The van der Waals surface area contributed by atoms with Gasteiger partial charge in [-0.15, -0.1) is 0 Å².